The highest BCUT2D eigenvalue weighted by atomic mass is 16.2. The average Bonchev–Trinajstić information content (AvgIpc) is 2.67. The number of rotatable bonds is 2. The number of aryl methyl sites for hydroxylation is 1. The lowest BCUT2D eigenvalue weighted by Crippen LogP contribution is -2.42. The lowest BCUT2D eigenvalue weighted by Gasteiger charge is -2.35. The van der Waals surface area contributed by atoms with E-state index in [1.165, 1.54) is 6.42 Å². The number of carbonyl (C=O) groups is 1. The molecule has 0 spiro atoms. The lowest BCUT2D eigenvalue weighted by molar-refractivity contribution is 0.0623. The van der Waals surface area contributed by atoms with Gasteiger partial charge in [-0.15, -0.1) is 0 Å². The van der Waals surface area contributed by atoms with Gasteiger partial charge in [-0.05, 0) is 61.6 Å². The highest BCUT2D eigenvalue weighted by molar-refractivity contribution is 5.94. The van der Waals surface area contributed by atoms with Gasteiger partial charge < -0.3 is 4.90 Å². The first-order valence-corrected chi connectivity index (χ1v) is 9.82. The van der Waals surface area contributed by atoms with Gasteiger partial charge in [-0.2, -0.15) is 0 Å². The van der Waals surface area contributed by atoms with E-state index in [0.29, 0.717) is 34.1 Å². The molecule has 5 heteroatoms. The lowest BCUT2D eigenvalue weighted by atomic mass is 9.91. The van der Waals surface area contributed by atoms with Crippen LogP contribution < -0.4 is 5.56 Å². The second-order valence-electron chi connectivity index (χ2n) is 8.02. The van der Waals surface area contributed by atoms with Gasteiger partial charge in [0.15, 0.2) is 0 Å². The Kier molecular flexibility index (Phi) is 4.75. The van der Waals surface area contributed by atoms with Crippen molar-refractivity contribution in [3.63, 3.8) is 0 Å². The molecule has 1 aliphatic heterocycles. The van der Waals surface area contributed by atoms with E-state index in [1.54, 1.807) is 10.6 Å². The summed E-state index contributed by atoms with van der Waals surface area (Å²) in [6.45, 7) is 7.82. The fraction of sp³-hybridized carbons (Fsp3) is 0.348. The fourth-order valence-corrected chi connectivity index (χ4v) is 4.31. The second-order valence-corrected chi connectivity index (χ2v) is 8.02. The molecule has 1 fully saturated rings. The summed E-state index contributed by atoms with van der Waals surface area (Å²) in [5, 5.41) is 0.588. The minimum absolute atomic E-state index is 0.0608. The molecule has 2 heterocycles. The number of aromatic nitrogens is 2. The predicted molar refractivity (Wildman–Crippen MR) is 111 cm³/mol. The van der Waals surface area contributed by atoms with Crippen LogP contribution in [0.15, 0.2) is 53.3 Å². The van der Waals surface area contributed by atoms with Crippen molar-refractivity contribution in [2.45, 2.75) is 27.2 Å². The molecule has 28 heavy (non-hydrogen) atoms. The maximum Gasteiger partial charge on any atom is 0.265 e. The van der Waals surface area contributed by atoms with E-state index in [1.807, 2.05) is 54.3 Å². The first kappa shape index (κ1) is 18.4. The zero-order valence-corrected chi connectivity index (χ0v) is 16.6. The van der Waals surface area contributed by atoms with Gasteiger partial charge in [0.05, 0.1) is 16.6 Å². The van der Waals surface area contributed by atoms with E-state index in [4.69, 9.17) is 0 Å². The normalized spacial score (nSPS) is 19.8. The molecule has 4 rings (SSSR count). The molecule has 144 valence electrons. The van der Waals surface area contributed by atoms with E-state index < -0.39 is 0 Å². The zero-order valence-electron chi connectivity index (χ0n) is 16.6. The summed E-state index contributed by atoms with van der Waals surface area (Å²) in [6, 6.07) is 14.6. The third-order valence-corrected chi connectivity index (χ3v) is 5.47. The van der Waals surface area contributed by atoms with E-state index in [-0.39, 0.29) is 11.5 Å². The highest BCUT2D eigenvalue weighted by Crippen LogP contribution is 2.23. The van der Waals surface area contributed by atoms with E-state index in [2.05, 4.69) is 18.8 Å². The van der Waals surface area contributed by atoms with Crippen LogP contribution in [0.5, 0.6) is 0 Å². The monoisotopic (exact) mass is 375 g/mol. The van der Waals surface area contributed by atoms with Gasteiger partial charge in [0.25, 0.3) is 11.5 Å². The smallest absolute Gasteiger partial charge is 0.265 e. The molecule has 3 aromatic rings. The Balaban J connectivity index is 1.66. The quantitative estimate of drug-likeness (QED) is 0.684. The molecule has 0 bridgehead atoms. The largest absolute Gasteiger partial charge is 0.338 e. The molecule has 1 amide bonds. The molecular formula is C23H25N3O2. The molecule has 0 saturated carbocycles. The van der Waals surface area contributed by atoms with Gasteiger partial charge in [0.2, 0.25) is 0 Å². The van der Waals surface area contributed by atoms with Crippen molar-refractivity contribution in [2.75, 3.05) is 13.1 Å². The van der Waals surface area contributed by atoms with Gasteiger partial charge in [-0.25, -0.2) is 4.98 Å². The van der Waals surface area contributed by atoms with Gasteiger partial charge >= 0.3 is 0 Å². The van der Waals surface area contributed by atoms with Crippen LogP contribution in [0, 0.1) is 18.8 Å². The first-order chi connectivity index (χ1) is 13.4. The molecule has 1 aliphatic rings. The molecule has 0 radical (unpaired) electrons. The van der Waals surface area contributed by atoms with Crippen LogP contribution in [0.4, 0.5) is 0 Å². The summed E-state index contributed by atoms with van der Waals surface area (Å²) in [5.74, 6) is 1.74. The number of nitrogens with zero attached hydrogens (tertiary/aromatic N) is 3. The number of benzene rings is 2. The van der Waals surface area contributed by atoms with Gasteiger partial charge in [0.1, 0.15) is 5.82 Å². The molecule has 1 aromatic heterocycles. The summed E-state index contributed by atoms with van der Waals surface area (Å²) in [5.41, 5.74) is 1.98. The van der Waals surface area contributed by atoms with Crippen molar-refractivity contribution in [1.82, 2.24) is 14.5 Å². The van der Waals surface area contributed by atoms with Crippen LogP contribution in [-0.4, -0.2) is 33.4 Å². The molecule has 1 saturated heterocycles. The van der Waals surface area contributed by atoms with Crippen molar-refractivity contribution in [1.29, 1.82) is 0 Å². The van der Waals surface area contributed by atoms with Gasteiger partial charge in [-0.1, -0.05) is 26.0 Å². The minimum atomic E-state index is -0.0964. The van der Waals surface area contributed by atoms with Gasteiger partial charge in [0, 0.05) is 18.7 Å². The molecule has 2 aromatic carbocycles. The summed E-state index contributed by atoms with van der Waals surface area (Å²) >= 11 is 0. The van der Waals surface area contributed by atoms with Crippen molar-refractivity contribution in [3.05, 3.63) is 70.3 Å². The number of para-hydroxylation sites is 1. The van der Waals surface area contributed by atoms with Crippen LogP contribution in [0.3, 0.4) is 0 Å². The Morgan fingerprint density at radius 1 is 1.00 bits per heavy atom. The topological polar surface area (TPSA) is 55.2 Å². The van der Waals surface area contributed by atoms with E-state index in [0.717, 1.165) is 18.8 Å². The van der Waals surface area contributed by atoms with Crippen LogP contribution in [0.1, 0.15) is 36.5 Å². The number of hydrogen-bond donors (Lipinski definition) is 0. The van der Waals surface area contributed by atoms with Crippen molar-refractivity contribution in [3.8, 4) is 5.69 Å². The number of likely N-dealkylation sites (tertiary alicyclic amines) is 1. The minimum Gasteiger partial charge on any atom is -0.338 e. The van der Waals surface area contributed by atoms with Crippen LogP contribution in [0.2, 0.25) is 0 Å². The van der Waals surface area contributed by atoms with Gasteiger partial charge in [-0.3, -0.25) is 14.2 Å². The Labute approximate surface area is 164 Å². The highest BCUT2D eigenvalue weighted by Gasteiger charge is 2.26. The number of hydrogen-bond acceptors (Lipinski definition) is 3. The maximum absolute atomic E-state index is 12.9. The van der Waals surface area contributed by atoms with Crippen LogP contribution in [-0.2, 0) is 0 Å². The Morgan fingerprint density at radius 3 is 2.32 bits per heavy atom. The molecule has 2 atom stereocenters. The van der Waals surface area contributed by atoms with Crippen molar-refractivity contribution in [2.24, 2.45) is 11.8 Å². The molecular weight excluding hydrogens is 350 g/mol. The third kappa shape index (κ3) is 3.33. The molecule has 0 N–H and O–H groups in total. The molecule has 0 aliphatic carbocycles. The summed E-state index contributed by atoms with van der Waals surface area (Å²) in [6.07, 6.45) is 1.17. The van der Waals surface area contributed by atoms with Crippen molar-refractivity contribution < 1.29 is 4.79 Å². The number of piperidine rings is 1. The third-order valence-electron chi connectivity index (χ3n) is 5.47. The van der Waals surface area contributed by atoms with Crippen LogP contribution in [0.25, 0.3) is 16.6 Å². The van der Waals surface area contributed by atoms with E-state index >= 15 is 0 Å². The zero-order chi connectivity index (χ0) is 19.8. The molecule has 0 unspecified atom stereocenters. The standard InChI is InChI=1S/C23H25N3O2/c1-15-12-16(2)14-25(13-15)22(27)18-8-10-19(11-9-18)26-17(3)24-21-7-5-4-6-20(21)23(26)28/h4-11,15-16H,12-14H2,1-3H3/t15-,16-/m0/s1. The Hall–Kier alpha value is -2.95. The SMILES string of the molecule is Cc1nc2ccccc2c(=O)n1-c1ccc(C(=O)N2C[C@@H](C)C[C@H](C)C2)cc1. The number of carbonyl (C=O) groups excluding carboxylic acids is 1. The number of amides is 1. The van der Waals surface area contributed by atoms with Crippen molar-refractivity contribution >= 4 is 16.8 Å². The predicted octanol–water partition coefficient (Wildman–Crippen LogP) is 3.81. The average molecular weight is 375 g/mol. The fourth-order valence-electron chi connectivity index (χ4n) is 4.31. The summed E-state index contributed by atoms with van der Waals surface area (Å²) in [7, 11) is 0. The molecule has 5 nitrogen and oxygen atoms in total. The Morgan fingerprint density at radius 2 is 1.64 bits per heavy atom. The summed E-state index contributed by atoms with van der Waals surface area (Å²) in [4.78, 5) is 32.3. The van der Waals surface area contributed by atoms with E-state index in [9.17, 15) is 9.59 Å². The second kappa shape index (κ2) is 7.23. The number of fused-ring (bicyclic) bond motifs is 1. The summed E-state index contributed by atoms with van der Waals surface area (Å²) < 4.78 is 1.60. The maximum atomic E-state index is 12.9. The van der Waals surface area contributed by atoms with Crippen LogP contribution >= 0.6 is 0 Å². The Bertz CT molecular complexity index is 1080. The first-order valence-electron chi connectivity index (χ1n) is 9.82.